The highest BCUT2D eigenvalue weighted by molar-refractivity contribution is 5.29. The summed E-state index contributed by atoms with van der Waals surface area (Å²) in [7, 11) is 0. The van der Waals surface area contributed by atoms with Crippen molar-refractivity contribution in [1.29, 1.82) is 0 Å². The molecule has 4 nitrogen and oxygen atoms in total. The molecule has 0 unspecified atom stereocenters. The second-order valence-electron chi connectivity index (χ2n) is 6.09. The second-order valence-corrected chi connectivity index (χ2v) is 6.09. The van der Waals surface area contributed by atoms with Crippen molar-refractivity contribution in [3.63, 3.8) is 0 Å². The molecular formula is C17H31N3O. The number of rotatable bonds is 7. The summed E-state index contributed by atoms with van der Waals surface area (Å²) in [5, 5.41) is 3.50. The van der Waals surface area contributed by atoms with Gasteiger partial charge in [0.2, 0.25) is 5.95 Å². The molecule has 21 heavy (non-hydrogen) atoms. The van der Waals surface area contributed by atoms with Crippen LogP contribution in [0, 0.1) is 6.92 Å². The largest absolute Gasteiger partial charge is 0.382 e. The molecule has 1 heterocycles. The fourth-order valence-corrected chi connectivity index (χ4v) is 3.16. The topological polar surface area (TPSA) is 39.1 Å². The van der Waals surface area contributed by atoms with Gasteiger partial charge in [0.05, 0.1) is 5.69 Å². The summed E-state index contributed by atoms with van der Waals surface area (Å²) in [5.74, 6) is 1.05. The lowest BCUT2D eigenvalue weighted by Crippen LogP contribution is -2.15. The number of imidazole rings is 1. The fourth-order valence-electron chi connectivity index (χ4n) is 3.16. The first-order valence-electron chi connectivity index (χ1n) is 8.68. The van der Waals surface area contributed by atoms with Crippen LogP contribution >= 0.6 is 0 Å². The third-order valence-corrected chi connectivity index (χ3v) is 4.27. The van der Waals surface area contributed by atoms with E-state index in [9.17, 15) is 0 Å². The molecule has 1 fully saturated rings. The maximum absolute atomic E-state index is 5.39. The molecule has 1 aromatic heterocycles. The molecule has 1 aliphatic rings. The van der Waals surface area contributed by atoms with Crippen molar-refractivity contribution in [1.82, 2.24) is 9.55 Å². The highest BCUT2D eigenvalue weighted by atomic mass is 16.5. The zero-order valence-electron chi connectivity index (χ0n) is 13.7. The number of anilines is 1. The molecular weight excluding hydrogens is 262 g/mol. The summed E-state index contributed by atoms with van der Waals surface area (Å²) in [6.45, 7) is 6.69. The average Bonchev–Trinajstić information content (AvgIpc) is 2.79. The van der Waals surface area contributed by atoms with Crippen molar-refractivity contribution in [3.05, 3.63) is 11.9 Å². The van der Waals surface area contributed by atoms with Crippen LogP contribution in [0.15, 0.2) is 6.20 Å². The van der Waals surface area contributed by atoms with E-state index in [0.29, 0.717) is 6.04 Å². The number of hydrogen-bond donors (Lipinski definition) is 1. The zero-order chi connectivity index (χ0) is 14.9. The van der Waals surface area contributed by atoms with Crippen LogP contribution in [0.5, 0.6) is 0 Å². The first-order chi connectivity index (χ1) is 10.3. The quantitative estimate of drug-likeness (QED) is 0.761. The molecule has 2 rings (SSSR count). The predicted octanol–water partition coefficient (Wildman–Crippen LogP) is 4.32. The number of nitrogens with one attached hydrogen (secondary N) is 1. The van der Waals surface area contributed by atoms with Gasteiger partial charge in [-0.1, -0.05) is 32.1 Å². The molecule has 0 atom stereocenters. The van der Waals surface area contributed by atoms with Crippen molar-refractivity contribution in [2.75, 3.05) is 25.1 Å². The van der Waals surface area contributed by atoms with Crippen LogP contribution in [0.4, 0.5) is 5.95 Å². The van der Waals surface area contributed by atoms with Gasteiger partial charge in [0.25, 0.3) is 0 Å². The summed E-state index contributed by atoms with van der Waals surface area (Å²) in [6.07, 6.45) is 12.7. The molecule has 0 spiro atoms. The Balaban J connectivity index is 1.91. The van der Waals surface area contributed by atoms with Crippen molar-refractivity contribution < 1.29 is 4.74 Å². The first-order valence-corrected chi connectivity index (χ1v) is 8.68. The van der Waals surface area contributed by atoms with Gasteiger partial charge in [-0.2, -0.15) is 0 Å². The minimum absolute atomic E-state index is 0.626. The Morgan fingerprint density at radius 2 is 1.95 bits per heavy atom. The third kappa shape index (κ3) is 5.34. The van der Waals surface area contributed by atoms with Crippen LogP contribution in [0.2, 0.25) is 0 Å². The van der Waals surface area contributed by atoms with E-state index in [1.807, 2.05) is 6.92 Å². The Labute approximate surface area is 129 Å². The van der Waals surface area contributed by atoms with Crippen LogP contribution in [-0.2, 0) is 4.74 Å². The van der Waals surface area contributed by atoms with E-state index in [-0.39, 0.29) is 0 Å². The lowest BCUT2D eigenvalue weighted by atomic mass is 9.96. The molecule has 1 N–H and O–H groups in total. The Bertz CT molecular complexity index is 395. The van der Waals surface area contributed by atoms with Crippen LogP contribution in [0.25, 0.3) is 0 Å². The minimum atomic E-state index is 0.626. The third-order valence-electron chi connectivity index (χ3n) is 4.27. The molecule has 0 saturated heterocycles. The lowest BCUT2D eigenvalue weighted by molar-refractivity contribution is 0.147. The maximum atomic E-state index is 5.39. The minimum Gasteiger partial charge on any atom is -0.382 e. The highest BCUT2D eigenvalue weighted by Gasteiger charge is 2.17. The van der Waals surface area contributed by atoms with E-state index >= 15 is 0 Å². The van der Waals surface area contributed by atoms with Crippen molar-refractivity contribution in [2.45, 2.75) is 71.3 Å². The lowest BCUT2D eigenvalue weighted by Gasteiger charge is -2.23. The molecule has 4 heteroatoms. The molecule has 0 amide bonds. The predicted molar refractivity (Wildman–Crippen MR) is 87.9 cm³/mol. The summed E-state index contributed by atoms with van der Waals surface area (Å²) >= 11 is 0. The smallest absolute Gasteiger partial charge is 0.203 e. The van der Waals surface area contributed by atoms with Gasteiger partial charge in [-0.3, -0.25) is 0 Å². The Morgan fingerprint density at radius 3 is 2.67 bits per heavy atom. The number of hydrogen-bond acceptors (Lipinski definition) is 3. The number of aryl methyl sites for hydroxylation is 1. The summed E-state index contributed by atoms with van der Waals surface area (Å²) in [6, 6.07) is 0.626. The summed E-state index contributed by atoms with van der Waals surface area (Å²) in [5.41, 5.74) is 1.12. The fraction of sp³-hybridized carbons (Fsp3) is 0.824. The van der Waals surface area contributed by atoms with Gasteiger partial charge in [-0.15, -0.1) is 0 Å². The molecule has 1 aromatic rings. The first kappa shape index (κ1) is 16.3. The Kier molecular flexibility index (Phi) is 7.07. The van der Waals surface area contributed by atoms with Gasteiger partial charge in [-0.05, 0) is 33.1 Å². The van der Waals surface area contributed by atoms with Gasteiger partial charge in [0, 0.05) is 32.0 Å². The van der Waals surface area contributed by atoms with E-state index in [1.54, 1.807) is 0 Å². The highest BCUT2D eigenvalue weighted by Crippen LogP contribution is 2.29. The normalized spacial score (nSPS) is 17.4. The number of aromatic nitrogens is 2. The average molecular weight is 293 g/mol. The van der Waals surface area contributed by atoms with E-state index < -0.39 is 0 Å². The Morgan fingerprint density at radius 1 is 1.24 bits per heavy atom. The number of ether oxygens (including phenoxy) is 1. The van der Waals surface area contributed by atoms with Gasteiger partial charge in [0.1, 0.15) is 0 Å². The SMILES string of the molecule is CCOCCCNc1nc(C)cn1C1CCCCCCC1. The van der Waals surface area contributed by atoms with Crippen LogP contribution in [0.3, 0.4) is 0 Å². The van der Waals surface area contributed by atoms with Crippen LogP contribution in [-0.4, -0.2) is 29.3 Å². The van der Waals surface area contributed by atoms with E-state index in [0.717, 1.165) is 37.8 Å². The van der Waals surface area contributed by atoms with Gasteiger partial charge in [0.15, 0.2) is 0 Å². The van der Waals surface area contributed by atoms with Crippen molar-refractivity contribution >= 4 is 5.95 Å². The number of nitrogens with zero attached hydrogens (tertiary/aromatic N) is 2. The summed E-state index contributed by atoms with van der Waals surface area (Å²) < 4.78 is 7.78. The molecule has 1 aliphatic carbocycles. The zero-order valence-corrected chi connectivity index (χ0v) is 13.7. The monoisotopic (exact) mass is 293 g/mol. The van der Waals surface area contributed by atoms with Gasteiger partial charge >= 0.3 is 0 Å². The second kappa shape index (κ2) is 9.08. The van der Waals surface area contributed by atoms with Crippen LogP contribution in [0.1, 0.15) is 70.0 Å². The molecule has 0 bridgehead atoms. The van der Waals surface area contributed by atoms with Gasteiger partial charge < -0.3 is 14.6 Å². The van der Waals surface area contributed by atoms with Crippen LogP contribution < -0.4 is 5.32 Å². The van der Waals surface area contributed by atoms with E-state index in [1.165, 1.54) is 44.9 Å². The maximum Gasteiger partial charge on any atom is 0.203 e. The van der Waals surface area contributed by atoms with E-state index in [4.69, 9.17) is 4.74 Å². The molecule has 0 radical (unpaired) electrons. The van der Waals surface area contributed by atoms with E-state index in [2.05, 4.69) is 28.0 Å². The van der Waals surface area contributed by atoms with Gasteiger partial charge in [-0.25, -0.2) is 4.98 Å². The van der Waals surface area contributed by atoms with Crippen molar-refractivity contribution in [2.24, 2.45) is 0 Å². The molecule has 120 valence electrons. The Hall–Kier alpha value is -1.03. The summed E-state index contributed by atoms with van der Waals surface area (Å²) in [4.78, 5) is 4.67. The molecule has 0 aromatic carbocycles. The molecule has 1 saturated carbocycles. The standard InChI is InChI=1S/C17H31N3O/c1-3-21-13-9-12-18-17-19-15(2)14-20(17)16-10-7-5-4-6-8-11-16/h14,16H,3-13H2,1-2H3,(H,18,19). The van der Waals surface area contributed by atoms with Crippen molar-refractivity contribution in [3.8, 4) is 0 Å². The molecule has 0 aliphatic heterocycles.